The maximum Gasteiger partial charge on any atom is 0.336 e. The van der Waals surface area contributed by atoms with Gasteiger partial charge in [-0.2, -0.15) is 0 Å². The topological polar surface area (TPSA) is 56.5 Å². The van der Waals surface area contributed by atoms with Crippen molar-refractivity contribution in [3.05, 3.63) is 79.8 Å². The van der Waals surface area contributed by atoms with Gasteiger partial charge in [0.25, 0.3) is 0 Å². The lowest BCUT2D eigenvalue weighted by atomic mass is 10.0. The van der Waals surface area contributed by atoms with Crippen LogP contribution in [0.1, 0.15) is 21.5 Å². The smallest absolute Gasteiger partial charge is 0.336 e. The van der Waals surface area contributed by atoms with Gasteiger partial charge >= 0.3 is 5.63 Å². The Morgan fingerprint density at radius 1 is 1.04 bits per heavy atom. The van der Waals surface area contributed by atoms with Crippen molar-refractivity contribution in [3.63, 3.8) is 0 Å². The van der Waals surface area contributed by atoms with Crippen LogP contribution in [-0.4, -0.2) is 5.78 Å². The van der Waals surface area contributed by atoms with Crippen LogP contribution in [0.2, 0.25) is 0 Å². The third-order valence-electron chi connectivity index (χ3n) is 3.92. The van der Waals surface area contributed by atoms with Crippen LogP contribution >= 0.6 is 15.9 Å². The number of fused-ring (bicyclic) bond motifs is 3. The van der Waals surface area contributed by atoms with Crippen molar-refractivity contribution in [1.29, 1.82) is 0 Å². The van der Waals surface area contributed by atoms with Gasteiger partial charge in [0.1, 0.15) is 11.3 Å². The van der Waals surface area contributed by atoms with E-state index in [0.717, 1.165) is 21.0 Å². The van der Waals surface area contributed by atoms with Crippen molar-refractivity contribution in [3.8, 4) is 5.75 Å². The summed E-state index contributed by atoms with van der Waals surface area (Å²) in [5.41, 5.74) is 1.71. The van der Waals surface area contributed by atoms with Gasteiger partial charge in [-0.3, -0.25) is 4.79 Å². The predicted octanol–water partition coefficient (Wildman–Crippen LogP) is 4.48. The van der Waals surface area contributed by atoms with E-state index in [1.807, 2.05) is 31.2 Å². The first-order valence-electron chi connectivity index (χ1n) is 7.30. The summed E-state index contributed by atoms with van der Waals surface area (Å²) in [6, 6.07) is 12.5. The minimum Gasteiger partial charge on any atom is -0.452 e. The fourth-order valence-electron chi connectivity index (χ4n) is 2.76. The molecule has 0 spiro atoms. The lowest BCUT2D eigenvalue weighted by Gasteiger charge is -2.02. The molecule has 5 heteroatoms. The summed E-state index contributed by atoms with van der Waals surface area (Å²) in [5.74, 6) is 0.334. The molecule has 2 heterocycles. The maximum absolute atomic E-state index is 12.7. The van der Waals surface area contributed by atoms with Gasteiger partial charge in [0, 0.05) is 15.9 Å². The monoisotopic (exact) mass is 382 g/mol. The number of aryl methyl sites for hydroxylation is 1. The quantitative estimate of drug-likeness (QED) is 0.459. The zero-order chi connectivity index (χ0) is 16.8. The van der Waals surface area contributed by atoms with Gasteiger partial charge in [-0.05, 0) is 48.4 Å². The Bertz CT molecular complexity index is 1070. The van der Waals surface area contributed by atoms with E-state index >= 15 is 0 Å². The number of ether oxygens (including phenoxy) is 1. The molecule has 4 nitrogen and oxygen atoms in total. The average Bonchev–Trinajstić information content (AvgIpc) is 2.86. The van der Waals surface area contributed by atoms with E-state index in [9.17, 15) is 9.59 Å². The van der Waals surface area contributed by atoms with Crippen LogP contribution in [0.3, 0.4) is 0 Å². The largest absolute Gasteiger partial charge is 0.452 e. The van der Waals surface area contributed by atoms with Crippen molar-refractivity contribution in [1.82, 2.24) is 0 Å². The lowest BCUT2D eigenvalue weighted by Crippen LogP contribution is -2.02. The van der Waals surface area contributed by atoms with E-state index in [0.29, 0.717) is 11.3 Å². The molecule has 3 aromatic rings. The Morgan fingerprint density at radius 3 is 2.54 bits per heavy atom. The highest BCUT2D eigenvalue weighted by Crippen LogP contribution is 2.37. The van der Waals surface area contributed by atoms with Crippen LogP contribution in [0, 0.1) is 6.92 Å². The van der Waals surface area contributed by atoms with Gasteiger partial charge in [0.2, 0.25) is 5.78 Å². The van der Waals surface area contributed by atoms with Gasteiger partial charge < -0.3 is 9.15 Å². The summed E-state index contributed by atoms with van der Waals surface area (Å²) in [5, 5.41) is 0.732. The molecule has 1 aromatic heterocycles. The number of hydrogen-bond donors (Lipinski definition) is 0. The molecule has 0 saturated carbocycles. The summed E-state index contributed by atoms with van der Waals surface area (Å²) in [7, 11) is 0. The molecule has 24 heavy (non-hydrogen) atoms. The Kier molecular flexibility index (Phi) is 3.39. The van der Waals surface area contributed by atoms with Gasteiger partial charge in [0.15, 0.2) is 11.3 Å². The first-order chi connectivity index (χ1) is 11.5. The zero-order valence-electron chi connectivity index (χ0n) is 12.6. The van der Waals surface area contributed by atoms with E-state index in [1.165, 1.54) is 6.07 Å². The first kappa shape index (κ1) is 14.9. The molecule has 0 aliphatic carbocycles. The molecule has 0 bridgehead atoms. The minimum atomic E-state index is -0.480. The summed E-state index contributed by atoms with van der Waals surface area (Å²) in [6.45, 7) is 1.81. The van der Waals surface area contributed by atoms with Crippen LogP contribution in [0.15, 0.2) is 61.9 Å². The second kappa shape index (κ2) is 5.46. The molecular weight excluding hydrogens is 372 g/mol. The molecule has 1 aliphatic heterocycles. The number of halogens is 1. The molecule has 0 atom stereocenters. The first-order valence-corrected chi connectivity index (χ1v) is 8.09. The van der Waals surface area contributed by atoms with Gasteiger partial charge in [-0.25, -0.2) is 4.79 Å². The van der Waals surface area contributed by atoms with E-state index in [2.05, 4.69) is 15.9 Å². The number of allylic oxidation sites excluding steroid dienone is 1. The lowest BCUT2D eigenvalue weighted by molar-refractivity contribution is 0.101. The highest BCUT2D eigenvalue weighted by atomic mass is 79.9. The fourth-order valence-corrected chi connectivity index (χ4v) is 3.02. The van der Waals surface area contributed by atoms with Crippen molar-refractivity contribution in [2.45, 2.75) is 6.92 Å². The number of rotatable bonds is 1. The van der Waals surface area contributed by atoms with Crippen molar-refractivity contribution in [2.24, 2.45) is 0 Å². The summed E-state index contributed by atoms with van der Waals surface area (Å²) < 4.78 is 11.9. The molecule has 2 aromatic carbocycles. The van der Waals surface area contributed by atoms with Crippen LogP contribution in [0.4, 0.5) is 0 Å². The van der Waals surface area contributed by atoms with Crippen molar-refractivity contribution in [2.75, 3.05) is 0 Å². The summed E-state index contributed by atoms with van der Waals surface area (Å²) >= 11 is 3.37. The molecule has 0 radical (unpaired) electrons. The number of carbonyl (C=O) groups is 1. The third-order valence-corrected chi connectivity index (χ3v) is 4.45. The van der Waals surface area contributed by atoms with Crippen molar-refractivity contribution >= 4 is 38.8 Å². The van der Waals surface area contributed by atoms with Gasteiger partial charge in [-0.15, -0.1) is 0 Å². The minimum absolute atomic E-state index is 0.212. The predicted molar refractivity (Wildman–Crippen MR) is 94.3 cm³/mol. The molecule has 4 rings (SSSR count). The standard InChI is InChI=1S/C19H11BrO4/c1-10-8-16(21)24-19-13(10)6-7-14-17(19)18(22)15(23-14)9-11-2-4-12(20)5-3-11/h2-9H,1H3/b15-9+. The SMILES string of the molecule is Cc1cc(=O)oc2c3c(ccc12)O/C(=C/c1ccc(Br)cc1)C3=O. The summed E-state index contributed by atoms with van der Waals surface area (Å²) in [4.78, 5) is 24.4. The third kappa shape index (κ3) is 2.37. The van der Waals surface area contributed by atoms with Gasteiger partial charge in [-0.1, -0.05) is 28.1 Å². The fraction of sp³-hybridized carbons (Fsp3) is 0.0526. The number of Topliss-reactive ketones (excluding diaryl/α,β-unsaturated/α-hetero) is 1. The Labute approximate surface area is 145 Å². The molecule has 0 amide bonds. The van der Waals surface area contributed by atoms with Crippen LogP contribution < -0.4 is 10.4 Å². The van der Waals surface area contributed by atoms with Crippen LogP contribution in [0.25, 0.3) is 17.0 Å². The number of benzene rings is 2. The Hall–Kier alpha value is -2.66. The van der Waals surface area contributed by atoms with E-state index < -0.39 is 5.63 Å². The number of carbonyl (C=O) groups excluding carboxylic acids is 1. The zero-order valence-corrected chi connectivity index (χ0v) is 14.2. The summed E-state index contributed by atoms with van der Waals surface area (Å²) in [6.07, 6.45) is 1.68. The normalized spacial score (nSPS) is 14.9. The van der Waals surface area contributed by atoms with Crippen LogP contribution in [-0.2, 0) is 0 Å². The molecule has 0 fully saturated rings. The highest BCUT2D eigenvalue weighted by molar-refractivity contribution is 9.10. The number of ketones is 1. The average molecular weight is 383 g/mol. The van der Waals surface area contributed by atoms with E-state index in [-0.39, 0.29) is 17.1 Å². The van der Waals surface area contributed by atoms with Gasteiger partial charge in [0.05, 0.1) is 0 Å². The second-order valence-electron chi connectivity index (χ2n) is 5.56. The Morgan fingerprint density at radius 2 is 1.79 bits per heavy atom. The molecule has 0 unspecified atom stereocenters. The molecule has 0 N–H and O–H groups in total. The molecule has 118 valence electrons. The highest BCUT2D eigenvalue weighted by Gasteiger charge is 2.31. The molecular formula is C19H11BrO4. The maximum atomic E-state index is 12.7. The number of hydrogen-bond acceptors (Lipinski definition) is 4. The second-order valence-corrected chi connectivity index (χ2v) is 6.47. The van der Waals surface area contributed by atoms with Crippen molar-refractivity contribution < 1.29 is 13.9 Å². The van der Waals surface area contributed by atoms with E-state index in [1.54, 1.807) is 18.2 Å². The Balaban J connectivity index is 1.87. The van der Waals surface area contributed by atoms with Crippen LogP contribution in [0.5, 0.6) is 5.75 Å². The van der Waals surface area contributed by atoms with E-state index in [4.69, 9.17) is 9.15 Å². The molecule has 0 saturated heterocycles. The molecule has 1 aliphatic rings.